The van der Waals surface area contributed by atoms with Gasteiger partial charge in [0, 0.05) is 24.3 Å². The van der Waals surface area contributed by atoms with Crippen molar-refractivity contribution in [1.82, 2.24) is 15.2 Å². The molecule has 2 N–H and O–H groups in total. The molecular formula is C23H17F4N3O5. The van der Waals surface area contributed by atoms with Crippen LogP contribution in [-0.4, -0.2) is 39.1 Å². The van der Waals surface area contributed by atoms with Crippen molar-refractivity contribution in [3.63, 3.8) is 0 Å². The first-order chi connectivity index (χ1) is 16.5. The normalized spacial score (nSPS) is 17.9. The number of carboxylic acids is 1. The lowest BCUT2D eigenvalue weighted by Gasteiger charge is -2.23. The molecule has 1 aromatic heterocycles. The first-order valence-electron chi connectivity index (χ1n) is 10.2. The van der Waals surface area contributed by atoms with Gasteiger partial charge in [0.25, 0.3) is 0 Å². The number of ether oxygens (including phenoxy) is 1. The van der Waals surface area contributed by atoms with E-state index in [9.17, 15) is 37.1 Å². The lowest BCUT2D eigenvalue weighted by Crippen LogP contribution is -2.46. The number of hydrogen-bond acceptors (Lipinski definition) is 5. The summed E-state index contributed by atoms with van der Waals surface area (Å²) < 4.78 is 58.4. The van der Waals surface area contributed by atoms with E-state index < -0.39 is 59.8 Å². The van der Waals surface area contributed by atoms with E-state index >= 15 is 0 Å². The molecule has 0 bridgehead atoms. The number of halogens is 4. The Labute approximate surface area is 195 Å². The fraction of sp³-hybridized carbons (Fsp3) is 0.217. The molecule has 3 aromatic rings. The van der Waals surface area contributed by atoms with Crippen molar-refractivity contribution < 1.29 is 41.8 Å². The maximum atomic E-state index is 13.9. The average molecular weight is 491 g/mol. The zero-order valence-corrected chi connectivity index (χ0v) is 17.8. The van der Waals surface area contributed by atoms with Gasteiger partial charge in [-0.1, -0.05) is 24.3 Å². The van der Waals surface area contributed by atoms with E-state index in [1.54, 1.807) is 24.4 Å². The van der Waals surface area contributed by atoms with Gasteiger partial charge in [-0.3, -0.25) is 9.78 Å². The van der Waals surface area contributed by atoms with Gasteiger partial charge in [0.2, 0.25) is 0 Å². The Bertz CT molecular complexity index is 1310. The maximum absolute atomic E-state index is 13.9. The highest BCUT2D eigenvalue weighted by Gasteiger charge is 2.48. The summed E-state index contributed by atoms with van der Waals surface area (Å²) >= 11 is 0. The summed E-state index contributed by atoms with van der Waals surface area (Å²) in [6, 6.07) is 6.17. The molecule has 0 unspecified atom stereocenters. The number of benzene rings is 2. The Morgan fingerprint density at radius 2 is 1.89 bits per heavy atom. The number of urea groups is 1. The molecular weight excluding hydrogens is 474 g/mol. The number of amides is 3. The van der Waals surface area contributed by atoms with E-state index in [0.29, 0.717) is 22.6 Å². The monoisotopic (exact) mass is 491 g/mol. The molecule has 0 radical (unpaired) electrons. The molecule has 0 saturated carbocycles. The number of imide groups is 1. The van der Waals surface area contributed by atoms with Crippen LogP contribution in [0.1, 0.15) is 29.2 Å². The number of alkyl halides is 3. The molecule has 12 heteroatoms. The predicted molar refractivity (Wildman–Crippen MR) is 112 cm³/mol. The van der Waals surface area contributed by atoms with Crippen molar-refractivity contribution in [2.75, 3.05) is 0 Å². The SMILES string of the molecule is O=C(O)C[C@H]1[C@@H](c2cc(F)cc(C(F)(F)F)c2)OC(=O)N1C(=O)NCc1cncc2ccccc12. The summed E-state index contributed by atoms with van der Waals surface area (Å²) in [7, 11) is 0. The smallest absolute Gasteiger partial charge is 0.419 e. The number of nitrogens with zero attached hydrogens (tertiary/aromatic N) is 2. The minimum absolute atomic E-state index is 0.0837. The number of cyclic esters (lactones) is 1. The summed E-state index contributed by atoms with van der Waals surface area (Å²) in [4.78, 5) is 41.4. The molecule has 1 saturated heterocycles. The van der Waals surface area contributed by atoms with Crippen LogP contribution in [0.15, 0.2) is 54.9 Å². The number of aromatic nitrogens is 1. The summed E-state index contributed by atoms with van der Waals surface area (Å²) in [5.41, 5.74) is -1.16. The summed E-state index contributed by atoms with van der Waals surface area (Å²) in [6.07, 6.45) is -5.50. The van der Waals surface area contributed by atoms with Gasteiger partial charge in [-0.25, -0.2) is 18.9 Å². The summed E-state index contributed by atoms with van der Waals surface area (Å²) in [5.74, 6) is -2.70. The quantitative estimate of drug-likeness (QED) is 0.504. The Kier molecular flexibility index (Phi) is 6.29. The van der Waals surface area contributed by atoms with Crippen molar-refractivity contribution >= 4 is 28.9 Å². The third-order valence-electron chi connectivity index (χ3n) is 5.46. The van der Waals surface area contributed by atoms with Gasteiger partial charge < -0.3 is 15.2 Å². The largest absolute Gasteiger partial charge is 0.481 e. The lowest BCUT2D eigenvalue weighted by atomic mass is 9.97. The van der Waals surface area contributed by atoms with Crippen LogP contribution in [0.25, 0.3) is 10.8 Å². The molecule has 0 spiro atoms. The van der Waals surface area contributed by atoms with Crippen LogP contribution in [0.4, 0.5) is 27.2 Å². The molecule has 182 valence electrons. The van der Waals surface area contributed by atoms with Crippen LogP contribution in [-0.2, 0) is 22.3 Å². The molecule has 4 rings (SSSR count). The molecule has 3 amide bonds. The number of nitrogens with one attached hydrogen (secondary N) is 1. The van der Waals surface area contributed by atoms with E-state index in [1.807, 2.05) is 6.07 Å². The highest BCUT2D eigenvalue weighted by Crippen LogP contribution is 2.38. The second kappa shape index (κ2) is 9.20. The fourth-order valence-corrected chi connectivity index (χ4v) is 3.93. The Morgan fingerprint density at radius 3 is 2.60 bits per heavy atom. The molecule has 35 heavy (non-hydrogen) atoms. The van der Waals surface area contributed by atoms with Gasteiger partial charge >= 0.3 is 24.3 Å². The van der Waals surface area contributed by atoms with E-state index in [-0.39, 0.29) is 12.6 Å². The summed E-state index contributed by atoms with van der Waals surface area (Å²) in [5, 5.41) is 13.4. The molecule has 0 aliphatic carbocycles. The molecule has 8 nitrogen and oxygen atoms in total. The minimum atomic E-state index is -4.90. The van der Waals surface area contributed by atoms with Gasteiger partial charge in [-0.05, 0) is 34.7 Å². The van der Waals surface area contributed by atoms with Crippen molar-refractivity contribution in [2.24, 2.45) is 0 Å². The molecule has 2 heterocycles. The fourth-order valence-electron chi connectivity index (χ4n) is 3.93. The molecule has 1 aliphatic rings. The molecule has 1 fully saturated rings. The number of rotatable bonds is 5. The highest BCUT2D eigenvalue weighted by atomic mass is 19.4. The van der Waals surface area contributed by atoms with Crippen LogP contribution in [0.5, 0.6) is 0 Å². The maximum Gasteiger partial charge on any atom is 0.419 e. The molecule has 1 aliphatic heterocycles. The zero-order chi connectivity index (χ0) is 25.3. The van der Waals surface area contributed by atoms with Crippen molar-refractivity contribution in [3.8, 4) is 0 Å². The third kappa shape index (κ3) is 5.00. The lowest BCUT2D eigenvalue weighted by molar-refractivity contribution is -0.139. The second-order valence-corrected chi connectivity index (χ2v) is 7.79. The average Bonchev–Trinajstić information content (AvgIpc) is 3.11. The first-order valence-corrected chi connectivity index (χ1v) is 10.2. The number of aliphatic carboxylic acids is 1. The van der Waals surface area contributed by atoms with Gasteiger partial charge in [0.1, 0.15) is 5.82 Å². The van der Waals surface area contributed by atoms with Gasteiger partial charge in [-0.2, -0.15) is 13.2 Å². The van der Waals surface area contributed by atoms with E-state index in [4.69, 9.17) is 4.74 Å². The van der Waals surface area contributed by atoms with Crippen LogP contribution < -0.4 is 5.32 Å². The van der Waals surface area contributed by atoms with E-state index in [0.717, 1.165) is 10.8 Å². The van der Waals surface area contributed by atoms with Crippen LogP contribution in [0.2, 0.25) is 0 Å². The number of hydrogen-bond donors (Lipinski definition) is 2. The molecule has 2 atom stereocenters. The van der Waals surface area contributed by atoms with Gasteiger partial charge in [-0.15, -0.1) is 0 Å². The Hall–Kier alpha value is -4.22. The zero-order valence-electron chi connectivity index (χ0n) is 17.8. The van der Waals surface area contributed by atoms with Gasteiger partial charge in [0.05, 0.1) is 18.0 Å². The topological polar surface area (TPSA) is 109 Å². The number of fused-ring (bicyclic) bond motifs is 1. The third-order valence-corrected chi connectivity index (χ3v) is 5.46. The van der Waals surface area contributed by atoms with Crippen LogP contribution in [0.3, 0.4) is 0 Å². The standard InChI is InChI=1S/C23H17F4N3O5/c24-16-6-13(5-15(7-16)23(25,26)27)20-18(8-19(31)32)30(22(34)35-20)21(33)29-11-14-10-28-9-12-3-1-2-4-17(12)14/h1-7,9-10,18,20H,8,11H2,(H,29,33)(H,31,32)/t18-,20+/m0/s1. The number of carboxylic acid groups (broad SMARTS) is 1. The van der Waals surface area contributed by atoms with Crippen molar-refractivity contribution in [1.29, 1.82) is 0 Å². The number of carbonyl (C=O) groups is 3. The van der Waals surface area contributed by atoms with Crippen molar-refractivity contribution in [2.45, 2.75) is 31.3 Å². The second-order valence-electron chi connectivity index (χ2n) is 7.79. The van der Waals surface area contributed by atoms with Crippen LogP contribution >= 0.6 is 0 Å². The van der Waals surface area contributed by atoms with Crippen LogP contribution in [0, 0.1) is 5.82 Å². The minimum Gasteiger partial charge on any atom is -0.481 e. The number of pyridine rings is 1. The predicted octanol–water partition coefficient (Wildman–Crippen LogP) is 4.64. The van der Waals surface area contributed by atoms with E-state index in [1.165, 1.54) is 6.20 Å². The van der Waals surface area contributed by atoms with E-state index in [2.05, 4.69) is 10.3 Å². The highest BCUT2D eigenvalue weighted by molar-refractivity contribution is 5.94. The Morgan fingerprint density at radius 1 is 1.14 bits per heavy atom. The summed E-state index contributed by atoms with van der Waals surface area (Å²) in [6.45, 7) is -0.0837. The van der Waals surface area contributed by atoms with Crippen molar-refractivity contribution in [3.05, 3.63) is 77.4 Å². The number of carbonyl (C=O) groups excluding carboxylic acids is 2. The Balaban J connectivity index is 1.61. The molecule has 2 aromatic carbocycles. The van der Waals surface area contributed by atoms with Gasteiger partial charge in [0.15, 0.2) is 6.10 Å². The first kappa shape index (κ1) is 23.9.